The molecule has 9 heteroatoms. The predicted octanol–water partition coefficient (Wildman–Crippen LogP) is 7.31. The molecule has 0 saturated carbocycles. The zero-order chi connectivity index (χ0) is 30.5. The number of thiazole rings is 1. The van der Waals surface area contributed by atoms with Crippen molar-refractivity contribution in [3.8, 4) is 17.2 Å². The minimum absolute atomic E-state index is 0.0398. The highest BCUT2D eigenvalue weighted by Gasteiger charge is 2.45. The molecule has 0 spiro atoms. The molecule has 0 fully saturated rings. The van der Waals surface area contributed by atoms with Crippen LogP contribution in [0.1, 0.15) is 44.4 Å². The van der Waals surface area contributed by atoms with E-state index in [4.69, 9.17) is 19.2 Å². The number of ether oxygens (including phenoxy) is 3. The first-order valence-corrected chi connectivity index (χ1v) is 15.0. The maximum atomic E-state index is 13.7. The highest BCUT2D eigenvalue weighted by Crippen LogP contribution is 2.45. The molecule has 43 heavy (non-hydrogen) atoms. The van der Waals surface area contributed by atoms with Gasteiger partial charge in [-0.05, 0) is 66.8 Å². The van der Waals surface area contributed by atoms with Crippen LogP contribution >= 0.6 is 11.3 Å². The molecular weight excluding hydrogens is 564 g/mol. The summed E-state index contributed by atoms with van der Waals surface area (Å²) in [6.07, 6.45) is 3.91. The third-order valence-electron chi connectivity index (χ3n) is 7.02. The summed E-state index contributed by atoms with van der Waals surface area (Å²) in [4.78, 5) is 33.4. The molecule has 1 amide bonds. The minimum Gasteiger partial charge on any atom is -0.503 e. The number of allylic oxidation sites excluding steroid dienone is 1. The van der Waals surface area contributed by atoms with Gasteiger partial charge < -0.3 is 19.3 Å². The molecule has 1 aliphatic heterocycles. The first-order chi connectivity index (χ1) is 20.8. The number of aromatic nitrogens is 1. The third-order valence-corrected chi connectivity index (χ3v) is 8.04. The van der Waals surface area contributed by atoms with Gasteiger partial charge in [0.25, 0.3) is 5.91 Å². The van der Waals surface area contributed by atoms with Crippen molar-refractivity contribution in [2.24, 2.45) is 5.92 Å². The number of hydrogen-bond donors (Lipinski definition) is 1. The Morgan fingerprint density at radius 1 is 1.07 bits per heavy atom. The van der Waals surface area contributed by atoms with E-state index in [-0.39, 0.29) is 5.57 Å². The molecule has 0 bridgehead atoms. The highest BCUT2D eigenvalue weighted by atomic mass is 32.1. The second kappa shape index (κ2) is 13.1. The molecule has 1 aromatic heterocycles. The van der Waals surface area contributed by atoms with Crippen molar-refractivity contribution in [1.82, 2.24) is 4.98 Å². The number of carbonyl (C=O) groups is 2. The molecule has 0 radical (unpaired) electrons. The Morgan fingerprint density at radius 3 is 2.58 bits per heavy atom. The van der Waals surface area contributed by atoms with Gasteiger partial charge >= 0.3 is 0 Å². The molecule has 8 nitrogen and oxygen atoms in total. The predicted molar refractivity (Wildman–Crippen MR) is 169 cm³/mol. The van der Waals surface area contributed by atoms with E-state index in [0.29, 0.717) is 52.6 Å². The molecule has 3 aromatic carbocycles. The number of methoxy groups -OCH3 is 1. The summed E-state index contributed by atoms with van der Waals surface area (Å²) < 4.78 is 18.1. The van der Waals surface area contributed by atoms with Gasteiger partial charge in [-0.15, -0.1) is 0 Å². The van der Waals surface area contributed by atoms with Crippen LogP contribution in [0.4, 0.5) is 5.13 Å². The van der Waals surface area contributed by atoms with Gasteiger partial charge in [-0.1, -0.05) is 67.7 Å². The standard InChI is InChI=1S/C34H34N2O6S/c1-5-41-24-13-14-25-29(20-24)43-34(35-25)36-31(23-12-16-27(28(19-23)40-4)42-18-17-21(2)3)30(32(38)33(36)39)26(37)15-11-22-9-7-6-8-10-22/h6-16,19-21,31,38H,5,17-18H2,1-4H3/b15-11+. The third kappa shape index (κ3) is 6.41. The summed E-state index contributed by atoms with van der Waals surface area (Å²) in [5, 5.41) is 11.5. The van der Waals surface area contributed by atoms with Crippen LogP contribution in [0, 0.1) is 5.92 Å². The average Bonchev–Trinajstić information content (AvgIpc) is 3.54. The number of rotatable bonds is 12. The van der Waals surface area contributed by atoms with Crippen LogP contribution in [0.25, 0.3) is 16.3 Å². The lowest BCUT2D eigenvalue weighted by Gasteiger charge is -2.25. The second-order valence-electron chi connectivity index (χ2n) is 10.4. The molecule has 1 aliphatic rings. The van der Waals surface area contributed by atoms with Gasteiger partial charge in [0.15, 0.2) is 28.2 Å². The number of aliphatic hydroxyl groups is 1. The first kappa shape index (κ1) is 29.8. The van der Waals surface area contributed by atoms with E-state index in [9.17, 15) is 14.7 Å². The van der Waals surface area contributed by atoms with E-state index in [2.05, 4.69) is 13.8 Å². The van der Waals surface area contributed by atoms with E-state index in [1.807, 2.05) is 55.5 Å². The lowest BCUT2D eigenvalue weighted by atomic mass is 9.95. The zero-order valence-corrected chi connectivity index (χ0v) is 25.4. The molecule has 1 N–H and O–H groups in total. The summed E-state index contributed by atoms with van der Waals surface area (Å²) in [7, 11) is 1.54. The van der Waals surface area contributed by atoms with Gasteiger partial charge in [0.1, 0.15) is 5.75 Å². The van der Waals surface area contributed by atoms with Crippen molar-refractivity contribution < 1.29 is 28.9 Å². The van der Waals surface area contributed by atoms with Crippen LogP contribution in [0.5, 0.6) is 17.2 Å². The Hall–Kier alpha value is -4.63. The number of aliphatic hydroxyl groups excluding tert-OH is 1. The number of fused-ring (bicyclic) bond motifs is 1. The number of hydrogen-bond acceptors (Lipinski definition) is 8. The number of benzene rings is 3. The lowest BCUT2D eigenvalue weighted by Crippen LogP contribution is -2.30. The van der Waals surface area contributed by atoms with Gasteiger partial charge in [0, 0.05) is 0 Å². The van der Waals surface area contributed by atoms with E-state index < -0.39 is 23.5 Å². The normalized spacial score (nSPS) is 15.2. The number of ketones is 1. The number of carbonyl (C=O) groups excluding carboxylic acids is 2. The van der Waals surface area contributed by atoms with Crippen LogP contribution in [-0.2, 0) is 9.59 Å². The minimum atomic E-state index is -0.953. The maximum Gasteiger partial charge on any atom is 0.296 e. The van der Waals surface area contributed by atoms with Gasteiger partial charge in [-0.25, -0.2) is 4.98 Å². The smallest absolute Gasteiger partial charge is 0.296 e. The molecule has 0 saturated heterocycles. The lowest BCUT2D eigenvalue weighted by molar-refractivity contribution is -0.117. The summed E-state index contributed by atoms with van der Waals surface area (Å²) in [5.74, 6) is 0.370. The Bertz CT molecular complexity index is 1690. The largest absolute Gasteiger partial charge is 0.503 e. The van der Waals surface area contributed by atoms with Gasteiger partial charge in [0.05, 0.1) is 42.2 Å². The summed E-state index contributed by atoms with van der Waals surface area (Å²) in [6, 6.07) is 19.2. The van der Waals surface area contributed by atoms with Gasteiger partial charge in [-0.2, -0.15) is 0 Å². The van der Waals surface area contributed by atoms with Crippen LogP contribution in [0.15, 0.2) is 84.1 Å². The van der Waals surface area contributed by atoms with Crippen molar-refractivity contribution in [3.05, 3.63) is 95.3 Å². The van der Waals surface area contributed by atoms with Crippen LogP contribution in [-0.4, -0.2) is 42.1 Å². The van der Waals surface area contributed by atoms with Crippen molar-refractivity contribution >= 4 is 44.5 Å². The molecular formula is C34H34N2O6S. The Labute approximate surface area is 254 Å². The fourth-order valence-corrected chi connectivity index (χ4v) is 5.85. The van der Waals surface area contributed by atoms with Crippen molar-refractivity contribution in [3.63, 3.8) is 0 Å². The molecule has 222 valence electrons. The highest BCUT2D eigenvalue weighted by molar-refractivity contribution is 7.22. The molecule has 1 atom stereocenters. The fraction of sp³-hybridized carbons (Fsp3) is 0.265. The topological polar surface area (TPSA) is 98.2 Å². The van der Waals surface area contributed by atoms with E-state index in [0.717, 1.165) is 16.7 Å². The van der Waals surface area contributed by atoms with Crippen LogP contribution in [0.3, 0.4) is 0 Å². The van der Waals surface area contributed by atoms with E-state index in [1.165, 1.54) is 29.4 Å². The fourth-order valence-electron chi connectivity index (χ4n) is 4.83. The molecule has 2 heterocycles. The second-order valence-corrected chi connectivity index (χ2v) is 11.5. The molecule has 0 aliphatic carbocycles. The van der Waals surface area contributed by atoms with Crippen molar-refractivity contribution in [2.75, 3.05) is 25.2 Å². The zero-order valence-electron chi connectivity index (χ0n) is 24.6. The summed E-state index contributed by atoms with van der Waals surface area (Å²) in [5.41, 5.74) is 2.01. The quantitative estimate of drug-likeness (QED) is 0.171. The number of amides is 1. The molecule has 5 rings (SSSR count). The number of nitrogens with zero attached hydrogens (tertiary/aromatic N) is 2. The average molecular weight is 599 g/mol. The Morgan fingerprint density at radius 2 is 1.86 bits per heavy atom. The number of anilines is 1. The van der Waals surface area contributed by atoms with Crippen LogP contribution in [0.2, 0.25) is 0 Å². The summed E-state index contributed by atoms with van der Waals surface area (Å²) >= 11 is 1.28. The first-order valence-electron chi connectivity index (χ1n) is 14.2. The van der Waals surface area contributed by atoms with Gasteiger partial charge in [0.2, 0.25) is 0 Å². The van der Waals surface area contributed by atoms with Crippen LogP contribution < -0.4 is 19.1 Å². The summed E-state index contributed by atoms with van der Waals surface area (Å²) in [6.45, 7) is 7.19. The maximum absolute atomic E-state index is 13.7. The van der Waals surface area contributed by atoms with Crippen molar-refractivity contribution in [1.29, 1.82) is 0 Å². The molecule has 1 unspecified atom stereocenters. The molecule has 4 aromatic rings. The van der Waals surface area contributed by atoms with E-state index in [1.54, 1.807) is 24.3 Å². The monoisotopic (exact) mass is 598 g/mol. The Kier molecular flexibility index (Phi) is 9.11. The van der Waals surface area contributed by atoms with E-state index >= 15 is 0 Å². The van der Waals surface area contributed by atoms with Gasteiger partial charge in [-0.3, -0.25) is 14.5 Å². The van der Waals surface area contributed by atoms with Crippen molar-refractivity contribution in [2.45, 2.75) is 33.2 Å². The Balaban J connectivity index is 1.58. The SMILES string of the molecule is CCOc1ccc2nc(N3C(=O)C(O)=C(C(=O)/C=C/c4ccccc4)C3c3ccc(OCCC(C)C)c(OC)c3)sc2c1.